The number of halogens is 1. The zero-order valence-electron chi connectivity index (χ0n) is 21.4. The molecule has 2 saturated heterocycles. The Kier molecular flexibility index (Phi) is 8.28. The van der Waals surface area contributed by atoms with E-state index in [4.69, 9.17) is 14.9 Å². The zero-order chi connectivity index (χ0) is 25.8. The maximum absolute atomic E-state index is 14.1. The van der Waals surface area contributed by atoms with E-state index in [9.17, 15) is 14.0 Å². The molecule has 36 heavy (non-hydrogen) atoms. The monoisotopic (exact) mass is 500 g/mol. The molecule has 0 bridgehead atoms. The summed E-state index contributed by atoms with van der Waals surface area (Å²) in [6.45, 7) is 7.89. The molecule has 0 spiro atoms. The summed E-state index contributed by atoms with van der Waals surface area (Å²) in [7, 11) is 0. The van der Waals surface area contributed by atoms with Crippen LogP contribution in [0.5, 0.6) is 5.75 Å². The molecule has 2 fully saturated rings. The van der Waals surface area contributed by atoms with Crippen LogP contribution >= 0.6 is 0 Å². The summed E-state index contributed by atoms with van der Waals surface area (Å²) in [4.78, 5) is 29.3. The number of carbonyl (C=O) groups excluding carboxylic acids is 2. The predicted octanol–water partition coefficient (Wildman–Crippen LogP) is 3.19. The Bertz CT molecular complexity index is 1020. The van der Waals surface area contributed by atoms with Crippen LogP contribution in [0.15, 0.2) is 29.5 Å². The molecular formula is C27H37FN4O4. The number of nitrogens with zero attached hydrogens (tertiary/aromatic N) is 2. The number of piperidine rings is 1. The fraction of sp³-hybridized carbons (Fsp3) is 0.593. The van der Waals surface area contributed by atoms with Crippen molar-refractivity contribution in [3.63, 3.8) is 0 Å². The predicted molar refractivity (Wildman–Crippen MR) is 135 cm³/mol. The Morgan fingerprint density at radius 2 is 1.83 bits per heavy atom. The number of benzene rings is 1. The van der Waals surface area contributed by atoms with Crippen molar-refractivity contribution in [1.82, 2.24) is 15.1 Å². The molecule has 2 N–H and O–H groups in total. The minimum atomic E-state index is -0.361. The van der Waals surface area contributed by atoms with Gasteiger partial charge >= 0.3 is 0 Å². The Morgan fingerprint density at radius 3 is 2.50 bits per heavy atom. The first-order valence-corrected chi connectivity index (χ1v) is 12.9. The van der Waals surface area contributed by atoms with E-state index in [0.29, 0.717) is 51.0 Å². The van der Waals surface area contributed by atoms with Crippen molar-refractivity contribution in [2.45, 2.75) is 71.2 Å². The first kappa shape index (κ1) is 26.1. The lowest BCUT2D eigenvalue weighted by atomic mass is 10.1. The average molecular weight is 501 g/mol. The van der Waals surface area contributed by atoms with Crippen LogP contribution in [0.2, 0.25) is 0 Å². The van der Waals surface area contributed by atoms with Gasteiger partial charge in [-0.3, -0.25) is 15.0 Å². The van der Waals surface area contributed by atoms with E-state index in [-0.39, 0.29) is 53.9 Å². The summed E-state index contributed by atoms with van der Waals surface area (Å²) in [5.74, 6) is -0.403. The standard InChI is InChI=1S/C27H37FN4O4/c1-17-7-8-24(22(28)13-17)36-20-9-11-31(12-10-20)25(33)14-30-23-6-4-5-21(23)26(29)27(34)32-15-18(2)35-19(3)16-32/h7-8,13,18-20,29-30H,4-6,9-12,14-16H2,1-3H3/t18-,19+. The zero-order valence-corrected chi connectivity index (χ0v) is 21.4. The van der Waals surface area contributed by atoms with Gasteiger partial charge in [0.2, 0.25) is 5.91 Å². The fourth-order valence-electron chi connectivity index (χ4n) is 5.24. The number of likely N-dealkylation sites (tertiary alicyclic amines) is 1. The number of morpholine rings is 1. The van der Waals surface area contributed by atoms with Crippen molar-refractivity contribution in [3.8, 4) is 5.75 Å². The number of hydrogen-bond acceptors (Lipinski definition) is 6. The lowest BCUT2D eigenvalue weighted by Gasteiger charge is -2.35. The fourth-order valence-corrected chi connectivity index (χ4v) is 5.24. The second-order valence-corrected chi connectivity index (χ2v) is 10.1. The minimum absolute atomic E-state index is 0.0186. The molecule has 4 rings (SSSR count). The third-order valence-electron chi connectivity index (χ3n) is 7.07. The van der Waals surface area contributed by atoms with E-state index in [1.807, 2.05) is 26.8 Å². The Morgan fingerprint density at radius 1 is 1.14 bits per heavy atom. The van der Waals surface area contributed by atoms with Crippen LogP contribution in [0, 0.1) is 18.2 Å². The van der Waals surface area contributed by atoms with Gasteiger partial charge in [-0.25, -0.2) is 4.39 Å². The molecule has 0 saturated carbocycles. The van der Waals surface area contributed by atoms with Gasteiger partial charge in [0.25, 0.3) is 5.91 Å². The quantitative estimate of drug-likeness (QED) is 0.561. The summed E-state index contributed by atoms with van der Waals surface area (Å²) in [6.07, 6.45) is 3.30. The number of aryl methyl sites for hydroxylation is 1. The smallest absolute Gasteiger partial charge is 0.272 e. The third kappa shape index (κ3) is 6.24. The molecule has 3 aliphatic rings. The number of allylic oxidation sites excluding steroid dienone is 1. The van der Waals surface area contributed by atoms with Crippen molar-refractivity contribution in [2.24, 2.45) is 0 Å². The Labute approximate surface area is 212 Å². The van der Waals surface area contributed by atoms with Crippen molar-refractivity contribution in [3.05, 3.63) is 40.8 Å². The number of carbonyl (C=O) groups is 2. The number of rotatable bonds is 7. The van der Waals surface area contributed by atoms with Crippen molar-refractivity contribution < 1.29 is 23.5 Å². The van der Waals surface area contributed by atoms with E-state index in [1.54, 1.807) is 15.9 Å². The summed E-state index contributed by atoms with van der Waals surface area (Å²) >= 11 is 0. The van der Waals surface area contributed by atoms with Crippen LogP contribution in [0.1, 0.15) is 51.5 Å². The molecule has 9 heteroatoms. The maximum atomic E-state index is 14.1. The van der Waals surface area contributed by atoms with Crippen molar-refractivity contribution in [2.75, 3.05) is 32.7 Å². The topological polar surface area (TPSA) is 95.0 Å². The molecule has 2 atom stereocenters. The summed E-state index contributed by atoms with van der Waals surface area (Å²) in [6, 6.07) is 4.94. The highest BCUT2D eigenvalue weighted by molar-refractivity contribution is 6.44. The molecular weight excluding hydrogens is 463 g/mol. The van der Waals surface area contributed by atoms with Crippen LogP contribution in [-0.2, 0) is 14.3 Å². The number of ether oxygens (including phenoxy) is 2. The average Bonchev–Trinajstić information content (AvgIpc) is 3.32. The normalized spacial score (nSPS) is 23.1. The highest BCUT2D eigenvalue weighted by Crippen LogP contribution is 2.27. The molecule has 2 heterocycles. The second-order valence-electron chi connectivity index (χ2n) is 10.1. The van der Waals surface area contributed by atoms with E-state index >= 15 is 0 Å². The lowest BCUT2D eigenvalue weighted by Crippen LogP contribution is -2.50. The molecule has 2 amide bonds. The van der Waals surface area contributed by atoms with Crippen molar-refractivity contribution >= 4 is 17.5 Å². The van der Waals surface area contributed by atoms with Gasteiger partial charge in [0.05, 0.1) is 18.8 Å². The molecule has 0 aromatic heterocycles. The molecule has 0 unspecified atom stereocenters. The minimum Gasteiger partial charge on any atom is -0.487 e. The Balaban J connectivity index is 1.27. The molecule has 1 aromatic carbocycles. The van der Waals surface area contributed by atoms with Gasteiger partial charge < -0.3 is 24.6 Å². The van der Waals surface area contributed by atoms with Gasteiger partial charge in [-0.1, -0.05) is 6.07 Å². The van der Waals surface area contributed by atoms with Gasteiger partial charge in [-0.2, -0.15) is 0 Å². The number of amides is 2. The van der Waals surface area contributed by atoms with E-state index in [1.165, 1.54) is 6.07 Å². The SMILES string of the molecule is Cc1ccc(OC2CCN(C(=O)CNC3=C(C(=N)C(=O)N4C[C@@H](C)O[C@@H](C)C4)CCC3)CC2)c(F)c1. The van der Waals surface area contributed by atoms with Gasteiger partial charge in [-0.15, -0.1) is 0 Å². The van der Waals surface area contributed by atoms with E-state index < -0.39 is 0 Å². The van der Waals surface area contributed by atoms with Crippen molar-refractivity contribution in [1.29, 1.82) is 5.41 Å². The second kappa shape index (κ2) is 11.4. The van der Waals surface area contributed by atoms with Gasteiger partial charge in [0.1, 0.15) is 11.8 Å². The van der Waals surface area contributed by atoms with Crippen LogP contribution in [0.25, 0.3) is 0 Å². The summed E-state index contributed by atoms with van der Waals surface area (Å²) in [5.41, 5.74) is 2.40. The number of nitrogens with one attached hydrogen (secondary N) is 2. The van der Waals surface area contributed by atoms with Crippen LogP contribution < -0.4 is 10.1 Å². The molecule has 2 aliphatic heterocycles. The number of hydrogen-bond donors (Lipinski definition) is 2. The summed E-state index contributed by atoms with van der Waals surface area (Å²) in [5, 5.41) is 11.8. The van der Waals surface area contributed by atoms with E-state index in [2.05, 4.69) is 5.32 Å². The summed E-state index contributed by atoms with van der Waals surface area (Å²) < 4.78 is 25.6. The largest absolute Gasteiger partial charge is 0.487 e. The molecule has 0 radical (unpaired) electrons. The van der Waals surface area contributed by atoms with Gasteiger partial charge in [0, 0.05) is 50.3 Å². The third-order valence-corrected chi connectivity index (χ3v) is 7.07. The maximum Gasteiger partial charge on any atom is 0.272 e. The molecule has 8 nitrogen and oxygen atoms in total. The van der Waals surface area contributed by atoms with Crippen LogP contribution in [-0.4, -0.2) is 78.4 Å². The van der Waals surface area contributed by atoms with Crippen LogP contribution in [0.3, 0.4) is 0 Å². The van der Waals surface area contributed by atoms with Gasteiger partial charge in [-0.05, 0) is 57.7 Å². The molecule has 196 valence electrons. The first-order chi connectivity index (χ1) is 17.2. The van der Waals surface area contributed by atoms with E-state index in [0.717, 1.165) is 24.1 Å². The lowest BCUT2D eigenvalue weighted by molar-refractivity contribution is -0.136. The van der Waals surface area contributed by atoms with Crippen LogP contribution in [0.4, 0.5) is 4.39 Å². The Hall–Kier alpha value is -2.94. The highest BCUT2D eigenvalue weighted by Gasteiger charge is 2.32. The molecule has 1 aromatic rings. The first-order valence-electron chi connectivity index (χ1n) is 12.9. The molecule has 1 aliphatic carbocycles. The van der Waals surface area contributed by atoms with Gasteiger partial charge in [0.15, 0.2) is 11.6 Å². The highest BCUT2D eigenvalue weighted by atomic mass is 19.1.